The van der Waals surface area contributed by atoms with Crippen LogP contribution in [0.1, 0.15) is 50.2 Å². The molecule has 26 heavy (non-hydrogen) atoms. The standard InChI is InChI=1S/C21H27BrN2O2/c1-13-10-18(25)23-21(19(13)26)17-11-15(22)5-4-14(17)12-20(21)8-6-16(7-9-20)24(2)3/h4-5,11,13,16H,6-10,12H2,1-3H3,(H,23,25). The van der Waals surface area contributed by atoms with Crippen molar-refractivity contribution in [3.8, 4) is 0 Å². The van der Waals surface area contributed by atoms with Gasteiger partial charge >= 0.3 is 0 Å². The number of rotatable bonds is 1. The lowest BCUT2D eigenvalue weighted by Crippen LogP contribution is -2.66. The van der Waals surface area contributed by atoms with Crippen LogP contribution in [0.15, 0.2) is 22.7 Å². The van der Waals surface area contributed by atoms with Crippen molar-refractivity contribution in [2.75, 3.05) is 14.1 Å². The van der Waals surface area contributed by atoms with E-state index in [1.54, 1.807) is 0 Å². The van der Waals surface area contributed by atoms with Gasteiger partial charge in [-0.1, -0.05) is 28.9 Å². The molecule has 2 aliphatic carbocycles. The highest BCUT2D eigenvalue weighted by Gasteiger charge is 2.65. The number of ketones is 1. The first-order valence-corrected chi connectivity index (χ1v) is 10.4. The molecule has 0 aromatic heterocycles. The molecule has 140 valence electrons. The summed E-state index contributed by atoms with van der Waals surface area (Å²) in [4.78, 5) is 28.5. The lowest BCUT2D eigenvalue weighted by Gasteiger charge is -2.52. The Hall–Kier alpha value is -1.20. The third kappa shape index (κ3) is 2.43. The molecule has 1 saturated carbocycles. The summed E-state index contributed by atoms with van der Waals surface area (Å²) in [7, 11) is 4.27. The minimum Gasteiger partial charge on any atom is -0.339 e. The first kappa shape index (κ1) is 18.2. The highest BCUT2D eigenvalue weighted by molar-refractivity contribution is 9.10. The summed E-state index contributed by atoms with van der Waals surface area (Å²) in [6.07, 6.45) is 5.28. The van der Waals surface area contributed by atoms with Crippen LogP contribution in [-0.4, -0.2) is 36.7 Å². The molecule has 0 radical (unpaired) electrons. The zero-order chi connectivity index (χ0) is 18.7. The van der Waals surface area contributed by atoms with Crippen LogP contribution >= 0.6 is 15.9 Å². The Balaban J connectivity index is 1.85. The molecule has 2 unspecified atom stereocenters. The molecular weight excluding hydrogens is 392 g/mol. The van der Waals surface area contributed by atoms with Crippen molar-refractivity contribution >= 4 is 27.6 Å². The SMILES string of the molecule is CC1CC(=O)NC2(C1=O)c1cc(Br)ccc1CC21CCC(N(C)C)CC1. The number of carbonyl (C=O) groups excluding carboxylic acids is 2. The summed E-state index contributed by atoms with van der Waals surface area (Å²) in [5, 5.41) is 3.24. The lowest BCUT2D eigenvalue weighted by molar-refractivity contribution is -0.149. The van der Waals surface area contributed by atoms with E-state index in [1.807, 2.05) is 6.92 Å². The highest BCUT2D eigenvalue weighted by Crippen LogP contribution is 2.60. The van der Waals surface area contributed by atoms with Crippen LogP contribution in [0.3, 0.4) is 0 Å². The van der Waals surface area contributed by atoms with Crippen LogP contribution in [0.4, 0.5) is 0 Å². The molecule has 4 rings (SSSR count). The van der Waals surface area contributed by atoms with E-state index in [-0.39, 0.29) is 23.0 Å². The van der Waals surface area contributed by atoms with E-state index in [0.717, 1.165) is 42.1 Å². The number of piperidine rings is 1. The molecule has 1 aromatic carbocycles. The summed E-state index contributed by atoms with van der Waals surface area (Å²) < 4.78 is 0.968. The second kappa shape index (κ2) is 6.16. The van der Waals surface area contributed by atoms with E-state index < -0.39 is 5.54 Å². The molecule has 1 aromatic rings. The van der Waals surface area contributed by atoms with Crippen LogP contribution in [0.5, 0.6) is 0 Å². The van der Waals surface area contributed by atoms with E-state index in [1.165, 1.54) is 5.56 Å². The van der Waals surface area contributed by atoms with Gasteiger partial charge in [0.2, 0.25) is 5.91 Å². The molecule has 1 amide bonds. The van der Waals surface area contributed by atoms with Crippen molar-refractivity contribution in [3.63, 3.8) is 0 Å². The van der Waals surface area contributed by atoms with E-state index in [4.69, 9.17) is 0 Å². The summed E-state index contributed by atoms with van der Waals surface area (Å²) >= 11 is 3.58. The van der Waals surface area contributed by atoms with E-state index in [2.05, 4.69) is 58.4 Å². The fourth-order valence-corrected chi connectivity index (χ4v) is 6.08. The van der Waals surface area contributed by atoms with Gasteiger partial charge in [0.05, 0.1) is 0 Å². The van der Waals surface area contributed by atoms with E-state index in [0.29, 0.717) is 12.5 Å². The second-order valence-corrected chi connectivity index (χ2v) is 9.64. The number of fused-ring (bicyclic) bond motifs is 3. The maximum absolute atomic E-state index is 13.6. The number of hydrogen-bond acceptors (Lipinski definition) is 3. The Kier molecular flexibility index (Phi) is 4.31. The Labute approximate surface area is 163 Å². The largest absolute Gasteiger partial charge is 0.339 e. The van der Waals surface area contributed by atoms with Crippen molar-refractivity contribution < 1.29 is 9.59 Å². The molecule has 1 aliphatic heterocycles. The van der Waals surface area contributed by atoms with Gasteiger partial charge in [0.1, 0.15) is 5.54 Å². The smallest absolute Gasteiger partial charge is 0.221 e. The molecular formula is C21H27BrN2O2. The Morgan fingerprint density at radius 1 is 1.19 bits per heavy atom. The maximum atomic E-state index is 13.6. The molecule has 1 heterocycles. The minimum absolute atomic E-state index is 0.0130. The van der Waals surface area contributed by atoms with Crippen LogP contribution in [0, 0.1) is 11.3 Å². The molecule has 5 heteroatoms. The fourth-order valence-electron chi connectivity index (χ4n) is 5.71. The average molecular weight is 419 g/mol. The van der Waals surface area contributed by atoms with Gasteiger partial charge in [0.15, 0.2) is 5.78 Å². The highest BCUT2D eigenvalue weighted by atomic mass is 79.9. The van der Waals surface area contributed by atoms with E-state index >= 15 is 0 Å². The first-order chi connectivity index (χ1) is 12.3. The van der Waals surface area contributed by atoms with Crippen LogP contribution in [0.25, 0.3) is 0 Å². The molecule has 2 atom stereocenters. The van der Waals surface area contributed by atoms with Gasteiger partial charge in [-0.25, -0.2) is 0 Å². The molecule has 2 spiro atoms. The molecule has 1 N–H and O–H groups in total. The predicted molar refractivity (Wildman–Crippen MR) is 105 cm³/mol. The Morgan fingerprint density at radius 3 is 2.54 bits per heavy atom. The number of nitrogens with one attached hydrogen (secondary N) is 1. The third-order valence-electron chi connectivity index (χ3n) is 7.08. The van der Waals surface area contributed by atoms with Crippen molar-refractivity contribution in [1.29, 1.82) is 0 Å². The van der Waals surface area contributed by atoms with E-state index in [9.17, 15) is 9.59 Å². The summed E-state index contributed by atoms with van der Waals surface area (Å²) in [6.45, 7) is 1.91. The second-order valence-electron chi connectivity index (χ2n) is 8.72. The number of hydrogen-bond donors (Lipinski definition) is 1. The van der Waals surface area contributed by atoms with Gasteiger partial charge in [0, 0.05) is 28.3 Å². The van der Waals surface area contributed by atoms with Crippen LogP contribution in [-0.2, 0) is 21.5 Å². The van der Waals surface area contributed by atoms with Gasteiger partial charge in [0.25, 0.3) is 0 Å². The van der Waals surface area contributed by atoms with Gasteiger partial charge in [-0.3, -0.25) is 9.59 Å². The Bertz CT molecular complexity index is 767. The van der Waals surface area contributed by atoms with Gasteiger partial charge < -0.3 is 10.2 Å². The zero-order valence-corrected chi connectivity index (χ0v) is 17.4. The predicted octanol–water partition coefficient (Wildman–Crippen LogP) is 3.42. The van der Waals surface area contributed by atoms with Crippen molar-refractivity contribution in [3.05, 3.63) is 33.8 Å². The van der Waals surface area contributed by atoms with Crippen molar-refractivity contribution in [2.24, 2.45) is 11.3 Å². The number of benzene rings is 1. The summed E-state index contributed by atoms with van der Waals surface area (Å²) in [5.74, 6) is -0.00610. The van der Waals surface area contributed by atoms with Crippen LogP contribution < -0.4 is 5.32 Å². The quantitative estimate of drug-likeness (QED) is 0.759. The van der Waals surface area contributed by atoms with Crippen molar-refractivity contribution in [2.45, 2.75) is 57.0 Å². The number of halogens is 1. The third-order valence-corrected chi connectivity index (χ3v) is 7.57. The molecule has 4 nitrogen and oxygen atoms in total. The minimum atomic E-state index is -0.849. The zero-order valence-electron chi connectivity index (χ0n) is 15.8. The molecule has 1 saturated heterocycles. The molecule has 0 bridgehead atoms. The maximum Gasteiger partial charge on any atom is 0.221 e. The average Bonchev–Trinajstić information content (AvgIpc) is 2.83. The Morgan fingerprint density at radius 2 is 1.88 bits per heavy atom. The van der Waals surface area contributed by atoms with Gasteiger partial charge in [-0.15, -0.1) is 0 Å². The molecule has 2 fully saturated rings. The lowest BCUT2D eigenvalue weighted by atomic mass is 9.57. The van der Waals surface area contributed by atoms with Gasteiger partial charge in [-0.05, 0) is 69.5 Å². The summed E-state index contributed by atoms with van der Waals surface area (Å²) in [6, 6.07) is 6.81. The first-order valence-electron chi connectivity index (χ1n) is 9.60. The van der Waals surface area contributed by atoms with Crippen LogP contribution in [0.2, 0.25) is 0 Å². The summed E-state index contributed by atoms with van der Waals surface area (Å²) in [5.41, 5.74) is 1.21. The number of nitrogens with zero attached hydrogens (tertiary/aromatic N) is 1. The normalized spacial score (nSPS) is 36.7. The topological polar surface area (TPSA) is 49.4 Å². The number of amides is 1. The monoisotopic (exact) mass is 418 g/mol. The van der Waals surface area contributed by atoms with Crippen molar-refractivity contribution in [1.82, 2.24) is 10.2 Å². The van der Waals surface area contributed by atoms with Gasteiger partial charge in [-0.2, -0.15) is 0 Å². The number of Topliss-reactive ketones (excluding diaryl/α,β-unsaturated/α-hetero) is 1. The number of carbonyl (C=O) groups is 2. The fraction of sp³-hybridized carbons (Fsp3) is 0.619. The molecule has 3 aliphatic rings.